The number of nitrogens with zero attached hydrogens (tertiary/aromatic N) is 1. The monoisotopic (exact) mass is 340 g/mol. The SMILES string of the molecule is COc1ccccc1Cc1nc2sc3c(c2c(=O)[nH]1)CCC(C)C3. The number of para-hydroxylation sites is 1. The quantitative estimate of drug-likeness (QED) is 0.791. The van der Waals surface area contributed by atoms with Crippen LogP contribution in [-0.4, -0.2) is 17.1 Å². The average molecular weight is 340 g/mol. The number of benzene rings is 1. The minimum atomic E-state index is -0.00282. The first-order valence-corrected chi connectivity index (χ1v) is 9.12. The zero-order valence-electron chi connectivity index (χ0n) is 13.9. The third-order valence-electron chi connectivity index (χ3n) is 4.76. The van der Waals surface area contributed by atoms with Crippen LogP contribution in [0.15, 0.2) is 29.1 Å². The molecule has 0 amide bonds. The average Bonchev–Trinajstić information content (AvgIpc) is 2.93. The van der Waals surface area contributed by atoms with Crippen molar-refractivity contribution in [1.29, 1.82) is 0 Å². The van der Waals surface area contributed by atoms with E-state index in [1.54, 1.807) is 18.4 Å². The topological polar surface area (TPSA) is 55.0 Å². The standard InChI is InChI=1S/C19H20N2O2S/c1-11-7-8-13-15(9-11)24-19-17(13)18(22)20-16(21-19)10-12-5-3-4-6-14(12)23-2/h3-6,11H,7-10H2,1-2H3,(H,20,21,22). The van der Waals surface area contributed by atoms with Gasteiger partial charge in [-0.15, -0.1) is 11.3 Å². The first kappa shape index (κ1) is 15.4. The lowest BCUT2D eigenvalue weighted by atomic mass is 9.89. The number of methoxy groups -OCH3 is 1. The van der Waals surface area contributed by atoms with Gasteiger partial charge in [0.25, 0.3) is 5.56 Å². The van der Waals surface area contributed by atoms with E-state index in [1.165, 1.54) is 10.4 Å². The lowest BCUT2D eigenvalue weighted by Gasteiger charge is -2.17. The second-order valence-corrected chi connectivity index (χ2v) is 7.62. The summed E-state index contributed by atoms with van der Waals surface area (Å²) in [5.74, 6) is 2.21. The van der Waals surface area contributed by atoms with Gasteiger partial charge in [-0.05, 0) is 36.8 Å². The summed E-state index contributed by atoms with van der Waals surface area (Å²) in [6.45, 7) is 2.28. The number of hydrogen-bond acceptors (Lipinski definition) is 4. The van der Waals surface area contributed by atoms with E-state index in [0.29, 0.717) is 18.2 Å². The van der Waals surface area contributed by atoms with Gasteiger partial charge < -0.3 is 9.72 Å². The van der Waals surface area contributed by atoms with Gasteiger partial charge in [-0.2, -0.15) is 0 Å². The summed E-state index contributed by atoms with van der Waals surface area (Å²) in [6.07, 6.45) is 3.78. The number of nitrogens with one attached hydrogen (secondary N) is 1. The molecule has 4 rings (SSSR count). The van der Waals surface area contributed by atoms with Crippen molar-refractivity contribution in [1.82, 2.24) is 9.97 Å². The Bertz CT molecular complexity index is 958. The van der Waals surface area contributed by atoms with Crippen LogP contribution < -0.4 is 10.3 Å². The summed E-state index contributed by atoms with van der Waals surface area (Å²) >= 11 is 1.69. The minimum absolute atomic E-state index is 0.00282. The van der Waals surface area contributed by atoms with Crippen molar-refractivity contribution in [3.8, 4) is 5.75 Å². The summed E-state index contributed by atoms with van der Waals surface area (Å²) in [4.78, 5) is 22.6. The van der Waals surface area contributed by atoms with Gasteiger partial charge >= 0.3 is 0 Å². The highest BCUT2D eigenvalue weighted by Crippen LogP contribution is 2.35. The van der Waals surface area contributed by atoms with Crippen LogP contribution in [0.1, 0.15) is 35.2 Å². The highest BCUT2D eigenvalue weighted by molar-refractivity contribution is 7.18. The molecule has 0 bridgehead atoms. The Balaban J connectivity index is 1.77. The van der Waals surface area contributed by atoms with E-state index in [9.17, 15) is 4.79 Å². The Hall–Kier alpha value is -2.14. The van der Waals surface area contributed by atoms with E-state index in [4.69, 9.17) is 9.72 Å². The number of rotatable bonds is 3. The molecule has 4 nitrogen and oxygen atoms in total. The van der Waals surface area contributed by atoms with Crippen LogP contribution >= 0.6 is 11.3 Å². The van der Waals surface area contributed by atoms with Gasteiger partial charge in [0.05, 0.1) is 12.5 Å². The zero-order chi connectivity index (χ0) is 16.7. The Morgan fingerprint density at radius 3 is 3.04 bits per heavy atom. The minimum Gasteiger partial charge on any atom is -0.496 e. The summed E-state index contributed by atoms with van der Waals surface area (Å²) in [6, 6.07) is 7.84. The van der Waals surface area contributed by atoms with Gasteiger partial charge in [-0.3, -0.25) is 4.79 Å². The van der Waals surface area contributed by atoms with Crippen LogP contribution in [-0.2, 0) is 19.3 Å². The zero-order valence-corrected chi connectivity index (χ0v) is 14.7. The summed E-state index contributed by atoms with van der Waals surface area (Å²) in [7, 11) is 1.66. The molecule has 2 heterocycles. The van der Waals surface area contributed by atoms with Crippen LogP contribution in [0.2, 0.25) is 0 Å². The molecule has 24 heavy (non-hydrogen) atoms. The van der Waals surface area contributed by atoms with Crippen molar-refractivity contribution in [2.75, 3.05) is 7.11 Å². The van der Waals surface area contributed by atoms with Gasteiger partial charge in [-0.1, -0.05) is 25.1 Å². The maximum Gasteiger partial charge on any atom is 0.259 e. The number of aromatic nitrogens is 2. The molecule has 5 heteroatoms. The lowest BCUT2D eigenvalue weighted by molar-refractivity contribution is 0.410. The number of aryl methyl sites for hydroxylation is 1. The predicted octanol–water partition coefficient (Wildman–Crippen LogP) is 3.71. The Morgan fingerprint density at radius 2 is 2.21 bits per heavy atom. The first-order valence-electron chi connectivity index (χ1n) is 8.31. The molecule has 124 valence electrons. The highest BCUT2D eigenvalue weighted by Gasteiger charge is 2.23. The molecule has 1 aliphatic carbocycles. The molecule has 0 radical (unpaired) electrons. The fourth-order valence-corrected chi connectivity index (χ4v) is 4.91. The van der Waals surface area contributed by atoms with Gasteiger partial charge in [0, 0.05) is 16.9 Å². The summed E-state index contributed by atoms with van der Waals surface area (Å²) < 4.78 is 5.40. The van der Waals surface area contributed by atoms with E-state index < -0.39 is 0 Å². The number of fused-ring (bicyclic) bond motifs is 3. The molecule has 0 aliphatic heterocycles. The highest BCUT2D eigenvalue weighted by atomic mass is 32.1. The third kappa shape index (κ3) is 2.63. The van der Waals surface area contributed by atoms with E-state index in [2.05, 4.69) is 11.9 Å². The molecular formula is C19H20N2O2S. The van der Waals surface area contributed by atoms with Crippen LogP contribution in [0.5, 0.6) is 5.75 Å². The fraction of sp³-hybridized carbons (Fsp3) is 0.368. The molecule has 1 aromatic carbocycles. The molecule has 0 saturated heterocycles. The molecule has 0 spiro atoms. The normalized spacial score (nSPS) is 17.0. The summed E-state index contributed by atoms with van der Waals surface area (Å²) in [5.41, 5.74) is 2.25. The van der Waals surface area contributed by atoms with Crippen molar-refractivity contribution in [2.45, 2.75) is 32.6 Å². The smallest absolute Gasteiger partial charge is 0.259 e. The maximum atomic E-state index is 12.6. The molecule has 0 saturated carbocycles. The second-order valence-electron chi connectivity index (χ2n) is 6.53. The van der Waals surface area contributed by atoms with Crippen molar-refractivity contribution in [2.24, 2.45) is 5.92 Å². The van der Waals surface area contributed by atoms with E-state index in [1.807, 2.05) is 24.3 Å². The van der Waals surface area contributed by atoms with E-state index in [-0.39, 0.29) is 5.56 Å². The molecule has 0 fully saturated rings. The molecule has 3 aromatic rings. The van der Waals surface area contributed by atoms with Crippen molar-refractivity contribution in [3.63, 3.8) is 0 Å². The lowest BCUT2D eigenvalue weighted by Crippen LogP contribution is -2.15. The van der Waals surface area contributed by atoms with Crippen LogP contribution in [0.3, 0.4) is 0 Å². The van der Waals surface area contributed by atoms with Crippen molar-refractivity contribution in [3.05, 3.63) is 56.4 Å². The molecular weight excluding hydrogens is 320 g/mol. The number of aromatic amines is 1. The maximum absolute atomic E-state index is 12.6. The number of hydrogen-bond donors (Lipinski definition) is 1. The molecule has 1 unspecified atom stereocenters. The van der Waals surface area contributed by atoms with Crippen LogP contribution in [0.25, 0.3) is 10.2 Å². The Kier molecular flexibility index (Phi) is 3.88. The fourth-order valence-electron chi connectivity index (χ4n) is 3.51. The Morgan fingerprint density at radius 1 is 1.38 bits per heavy atom. The van der Waals surface area contributed by atoms with Crippen LogP contribution in [0.4, 0.5) is 0 Å². The van der Waals surface area contributed by atoms with Crippen LogP contribution in [0, 0.1) is 5.92 Å². The third-order valence-corrected chi connectivity index (χ3v) is 5.91. The molecule has 1 aliphatic rings. The summed E-state index contributed by atoms with van der Waals surface area (Å²) in [5, 5.41) is 0.811. The number of thiophene rings is 1. The molecule has 1 atom stereocenters. The predicted molar refractivity (Wildman–Crippen MR) is 97.2 cm³/mol. The Labute approximate surface area is 144 Å². The van der Waals surface area contributed by atoms with Gasteiger partial charge in [0.2, 0.25) is 0 Å². The van der Waals surface area contributed by atoms with Gasteiger partial charge in [-0.25, -0.2) is 4.98 Å². The first-order chi connectivity index (χ1) is 11.7. The van der Waals surface area contributed by atoms with Crippen molar-refractivity contribution >= 4 is 21.6 Å². The second kappa shape index (κ2) is 6.06. The van der Waals surface area contributed by atoms with E-state index in [0.717, 1.165) is 40.8 Å². The number of H-pyrrole nitrogens is 1. The van der Waals surface area contributed by atoms with E-state index >= 15 is 0 Å². The van der Waals surface area contributed by atoms with Gasteiger partial charge in [0.15, 0.2) is 0 Å². The van der Waals surface area contributed by atoms with Gasteiger partial charge in [0.1, 0.15) is 16.4 Å². The largest absolute Gasteiger partial charge is 0.496 e. The van der Waals surface area contributed by atoms with Crippen molar-refractivity contribution < 1.29 is 4.74 Å². The molecule has 1 N–H and O–H groups in total. The number of ether oxygens (including phenoxy) is 1. The molecule has 2 aromatic heterocycles.